The van der Waals surface area contributed by atoms with Gasteiger partial charge < -0.3 is 44.3 Å². The molecule has 0 radical (unpaired) electrons. The van der Waals surface area contributed by atoms with E-state index in [0.717, 1.165) is 34.3 Å². The van der Waals surface area contributed by atoms with E-state index in [0.29, 0.717) is 5.82 Å². The maximum Gasteiger partial charge on any atom is 0.314 e. The number of ether oxygens (including phenoxy) is 3. The average Bonchev–Trinajstić information content (AvgIpc) is 2.82. The fourth-order valence-electron chi connectivity index (χ4n) is 2.31. The number of hydrogen-bond donors (Lipinski definition) is 2. The van der Waals surface area contributed by atoms with Gasteiger partial charge in [-0.05, 0) is 60.6 Å². The number of hydrogen-bond acceptors (Lipinski definition) is 14. The molecular formula is C25H37N6O9W3-3. The number of nitrogens with zero attached hydrogens (tertiary/aromatic N) is 6. The van der Waals surface area contributed by atoms with Crippen LogP contribution in [0.3, 0.4) is 0 Å². The van der Waals surface area contributed by atoms with Crippen molar-refractivity contribution in [3.63, 3.8) is 0 Å². The molecule has 0 aliphatic carbocycles. The van der Waals surface area contributed by atoms with Gasteiger partial charge in [-0.15, -0.1) is 0 Å². The number of methoxy groups -OCH3 is 3. The zero-order valence-electron chi connectivity index (χ0n) is 25.5. The SMILES string of the molecule is CO[C-]=O.CO[C-]=O.CO[C-]=O.Cc1cc(C)nc(C)n1.Cc1cc(C)nc(O)n1.Cc1cc(O)nc(C)n1.O.[W].[W].[W]. The first-order valence-electron chi connectivity index (χ1n) is 10.8. The minimum atomic E-state index is -0.146. The molecule has 0 bridgehead atoms. The number of aromatic nitrogens is 6. The molecule has 15 nitrogen and oxygen atoms in total. The fraction of sp³-hybridized carbons (Fsp3) is 0.400. The summed E-state index contributed by atoms with van der Waals surface area (Å²) >= 11 is 0. The predicted molar refractivity (Wildman–Crippen MR) is 144 cm³/mol. The standard InChI is InChI=1S/C7H10N2.2C6H8N2O.3C2H3O2.H2O.3W/c1-5-4-6(2)9-7(3)8-5;1-4-3-6(9)8-5(2)7-4;1-4-3-5(2)8-6(9)7-4;3*1-4-2-3;;;;/h4H,1-3H3;2*3H,1-2H3,(H,7,8,9);3*1H3;1H2;;;/q;;;3*-1;;;;. The first-order chi connectivity index (χ1) is 18.3. The van der Waals surface area contributed by atoms with E-state index in [2.05, 4.69) is 44.1 Å². The summed E-state index contributed by atoms with van der Waals surface area (Å²) in [6.45, 7) is 16.6. The van der Waals surface area contributed by atoms with Crippen molar-refractivity contribution in [2.45, 2.75) is 48.5 Å². The van der Waals surface area contributed by atoms with E-state index in [1.165, 1.54) is 46.8 Å². The quantitative estimate of drug-likeness (QED) is 0.278. The van der Waals surface area contributed by atoms with Crippen LogP contribution in [-0.4, -0.2) is 86.3 Å². The molecule has 0 fully saturated rings. The van der Waals surface area contributed by atoms with Crippen molar-refractivity contribution in [3.05, 3.63) is 58.3 Å². The van der Waals surface area contributed by atoms with Crippen LogP contribution in [0, 0.1) is 48.5 Å². The largest absolute Gasteiger partial charge is 0.655 e. The molecule has 0 spiro atoms. The molecule has 3 rings (SSSR count). The van der Waals surface area contributed by atoms with E-state index in [1.807, 2.05) is 47.6 Å². The topological polar surface area (TPSA) is 228 Å². The third-order valence-electron chi connectivity index (χ3n) is 3.27. The molecule has 0 aliphatic rings. The molecule has 43 heavy (non-hydrogen) atoms. The monoisotopic (exact) mass is 1120 g/mol. The Morgan fingerprint density at radius 2 is 0.744 bits per heavy atom. The van der Waals surface area contributed by atoms with Gasteiger partial charge in [0.2, 0.25) is 5.88 Å². The van der Waals surface area contributed by atoms with Gasteiger partial charge in [-0.3, -0.25) is 0 Å². The minimum Gasteiger partial charge on any atom is -0.655 e. The van der Waals surface area contributed by atoms with Gasteiger partial charge in [0.15, 0.2) is 0 Å². The van der Waals surface area contributed by atoms with Crippen molar-refractivity contribution in [1.29, 1.82) is 0 Å². The van der Waals surface area contributed by atoms with Crippen LogP contribution < -0.4 is 0 Å². The zero-order valence-corrected chi connectivity index (χ0v) is 34.3. The summed E-state index contributed by atoms with van der Waals surface area (Å²) in [6, 6.07) is 5.15. The van der Waals surface area contributed by atoms with Gasteiger partial charge in [-0.2, -0.15) is 4.98 Å². The van der Waals surface area contributed by atoms with Crippen molar-refractivity contribution in [1.82, 2.24) is 29.9 Å². The van der Waals surface area contributed by atoms with Crippen molar-refractivity contribution in [2.24, 2.45) is 0 Å². The van der Waals surface area contributed by atoms with Gasteiger partial charge in [-0.1, -0.05) is 19.4 Å². The molecule has 0 atom stereocenters. The fourth-order valence-corrected chi connectivity index (χ4v) is 2.31. The van der Waals surface area contributed by atoms with E-state index < -0.39 is 0 Å². The van der Waals surface area contributed by atoms with Crippen LogP contribution in [0.1, 0.15) is 40.1 Å². The number of aromatic hydroxyl groups is 2. The van der Waals surface area contributed by atoms with Crippen LogP contribution in [0.2, 0.25) is 0 Å². The Labute approximate surface area is 295 Å². The Morgan fingerprint density at radius 1 is 0.512 bits per heavy atom. The summed E-state index contributed by atoms with van der Waals surface area (Å²) in [7, 11) is 3.77. The molecule has 18 heteroatoms. The van der Waals surface area contributed by atoms with Crippen LogP contribution in [0.25, 0.3) is 0 Å². The second-order valence-corrected chi connectivity index (χ2v) is 6.93. The second kappa shape index (κ2) is 37.3. The van der Waals surface area contributed by atoms with E-state index in [4.69, 9.17) is 24.6 Å². The normalized spacial score (nSPS) is 7.49. The van der Waals surface area contributed by atoms with Crippen molar-refractivity contribution in [2.75, 3.05) is 21.3 Å². The van der Waals surface area contributed by atoms with Gasteiger partial charge in [-0.25, -0.2) is 24.9 Å². The minimum absolute atomic E-state index is 0. The van der Waals surface area contributed by atoms with Crippen LogP contribution in [0.5, 0.6) is 11.9 Å². The summed E-state index contributed by atoms with van der Waals surface area (Å²) < 4.78 is 11.2. The van der Waals surface area contributed by atoms with E-state index in [1.54, 1.807) is 13.0 Å². The number of rotatable bonds is 3. The molecule has 3 heterocycles. The summed E-state index contributed by atoms with van der Waals surface area (Å²) in [5.74, 6) is 1.50. The average molecular weight is 1120 g/mol. The van der Waals surface area contributed by atoms with Crippen LogP contribution in [0.4, 0.5) is 0 Å². The Kier molecular flexibility index (Phi) is 48.7. The summed E-state index contributed by atoms with van der Waals surface area (Å²) in [6.07, 6.45) is 0. The Hall–Kier alpha value is -2.73. The maximum absolute atomic E-state index is 8.84. The van der Waals surface area contributed by atoms with Crippen LogP contribution >= 0.6 is 0 Å². The van der Waals surface area contributed by atoms with Gasteiger partial charge in [0.1, 0.15) is 11.6 Å². The number of carbonyl (C=O) groups excluding carboxylic acids is 3. The molecule has 0 aliphatic heterocycles. The summed E-state index contributed by atoms with van der Waals surface area (Å²) in [5.41, 5.74) is 4.46. The van der Waals surface area contributed by atoms with Crippen molar-refractivity contribution >= 4 is 19.4 Å². The smallest absolute Gasteiger partial charge is 0.314 e. The van der Waals surface area contributed by atoms with E-state index in [-0.39, 0.29) is 80.6 Å². The van der Waals surface area contributed by atoms with Crippen LogP contribution in [0.15, 0.2) is 18.2 Å². The molecular weight excluding hydrogens is 1080 g/mol. The van der Waals surface area contributed by atoms with Crippen molar-refractivity contribution in [3.8, 4) is 11.9 Å². The molecule has 0 aromatic carbocycles. The van der Waals surface area contributed by atoms with Crippen molar-refractivity contribution < 1.29 is 107 Å². The molecule has 0 saturated heterocycles. The Bertz CT molecular complexity index is 830. The molecule has 3 aromatic heterocycles. The predicted octanol–water partition coefficient (Wildman–Crippen LogP) is 1.27. The number of aryl methyl sites for hydroxylation is 7. The van der Waals surface area contributed by atoms with Gasteiger partial charge in [0.05, 0.1) is 0 Å². The summed E-state index contributed by atoms with van der Waals surface area (Å²) in [4.78, 5) is 49.7. The second-order valence-electron chi connectivity index (χ2n) is 6.93. The molecule has 242 valence electrons. The molecule has 0 amide bonds. The Balaban J connectivity index is -0.0000000738. The van der Waals surface area contributed by atoms with E-state index in [9.17, 15) is 0 Å². The molecule has 0 unspecified atom stereocenters. The maximum atomic E-state index is 8.84. The molecule has 3 aromatic rings. The summed E-state index contributed by atoms with van der Waals surface area (Å²) in [5, 5.41) is 17.6. The third kappa shape index (κ3) is 41.5. The third-order valence-corrected chi connectivity index (χ3v) is 3.27. The molecule has 4 N–H and O–H groups in total. The van der Waals surface area contributed by atoms with Gasteiger partial charge in [0, 0.05) is 119 Å². The van der Waals surface area contributed by atoms with Gasteiger partial charge in [0.25, 0.3) is 0 Å². The van der Waals surface area contributed by atoms with Crippen LogP contribution in [-0.2, 0) is 91.8 Å². The van der Waals surface area contributed by atoms with Gasteiger partial charge >= 0.3 is 6.01 Å². The van der Waals surface area contributed by atoms with E-state index >= 15 is 0 Å². The first kappa shape index (κ1) is 56.1. The zero-order chi connectivity index (χ0) is 30.8. The first-order valence-corrected chi connectivity index (χ1v) is 10.8. The Morgan fingerprint density at radius 3 is 0.930 bits per heavy atom. The molecule has 0 saturated carbocycles.